The maximum Gasteiger partial charge on any atom is 0.266 e. The summed E-state index contributed by atoms with van der Waals surface area (Å²) in [5.74, 6) is 1.60. The van der Waals surface area contributed by atoms with Crippen LogP contribution >= 0.6 is 0 Å². The molecule has 7 heteroatoms. The van der Waals surface area contributed by atoms with E-state index in [9.17, 15) is 0 Å². The second-order valence-electron chi connectivity index (χ2n) is 5.93. The highest BCUT2D eigenvalue weighted by molar-refractivity contribution is 5.29. The Balaban J connectivity index is 1.64. The van der Waals surface area contributed by atoms with Gasteiger partial charge in [0.15, 0.2) is 0 Å². The van der Waals surface area contributed by atoms with Crippen LogP contribution in [0.25, 0.3) is 0 Å². The van der Waals surface area contributed by atoms with Gasteiger partial charge in [-0.3, -0.25) is 0 Å². The summed E-state index contributed by atoms with van der Waals surface area (Å²) in [6, 6.07) is 0.283. The van der Waals surface area contributed by atoms with E-state index in [1.807, 2.05) is 0 Å². The van der Waals surface area contributed by atoms with Gasteiger partial charge in [-0.1, -0.05) is 6.92 Å². The van der Waals surface area contributed by atoms with E-state index in [2.05, 4.69) is 39.2 Å². The first-order valence-electron chi connectivity index (χ1n) is 7.86. The lowest BCUT2D eigenvalue weighted by Crippen LogP contribution is -2.45. The van der Waals surface area contributed by atoms with E-state index in [0.717, 1.165) is 51.7 Å². The minimum atomic E-state index is 0.172. The van der Waals surface area contributed by atoms with Crippen molar-refractivity contribution in [2.75, 3.05) is 57.9 Å². The zero-order valence-corrected chi connectivity index (χ0v) is 12.9. The van der Waals surface area contributed by atoms with Gasteiger partial charge >= 0.3 is 0 Å². The largest absolute Gasteiger partial charge is 0.379 e. The molecule has 0 amide bonds. The number of hydrogen-bond donors (Lipinski definition) is 1. The van der Waals surface area contributed by atoms with Crippen LogP contribution < -0.4 is 10.2 Å². The Morgan fingerprint density at radius 1 is 1.24 bits per heavy atom. The Morgan fingerprint density at radius 2 is 2.05 bits per heavy atom. The van der Waals surface area contributed by atoms with Crippen LogP contribution in [0, 0.1) is 0 Å². The van der Waals surface area contributed by atoms with E-state index in [0.29, 0.717) is 12.5 Å². The highest BCUT2D eigenvalue weighted by Gasteiger charge is 2.34. The number of nitrogens with one attached hydrogen (secondary N) is 1. The maximum atomic E-state index is 5.58. The molecular weight excluding hydrogens is 270 g/mol. The first-order valence-corrected chi connectivity index (χ1v) is 7.86. The molecule has 2 atom stereocenters. The maximum absolute atomic E-state index is 5.58. The van der Waals surface area contributed by atoms with E-state index in [4.69, 9.17) is 9.26 Å². The van der Waals surface area contributed by atoms with Crippen molar-refractivity contribution in [2.45, 2.75) is 25.3 Å². The molecule has 118 valence electrons. The number of likely N-dealkylation sites (N-methyl/N-ethyl adjacent to an activating group) is 1. The van der Waals surface area contributed by atoms with Gasteiger partial charge in [-0.15, -0.1) is 0 Å². The third-order valence-electron chi connectivity index (χ3n) is 4.27. The number of piperazine rings is 1. The standard InChI is InChI=1S/C14H25N5O2/c1-3-4-15-12-10-20-9-11(12)13-16-14(17-21-13)19-7-5-18(2)6-8-19/h11-12,15H,3-10H2,1-2H3. The minimum Gasteiger partial charge on any atom is -0.379 e. The molecule has 2 saturated heterocycles. The van der Waals surface area contributed by atoms with E-state index in [-0.39, 0.29) is 12.0 Å². The number of aromatic nitrogens is 2. The molecule has 21 heavy (non-hydrogen) atoms. The minimum absolute atomic E-state index is 0.172. The molecule has 3 heterocycles. The summed E-state index contributed by atoms with van der Waals surface area (Å²) in [4.78, 5) is 9.11. The van der Waals surface area contributed by atoms with Gasteiger partial charge in [0.1, 0.15) is 0 Å². The van der Waals surface area contributed by atoms with Crippen LogP contribution in [0.1, 0.15) is 25.2 Å². The zero-order valence-electron chi connectivity index (χ0n) is 12.9. The van der Waals surface area contributed by atoms with Crippen LogP contribution in [-0.4, -0.2) is 74.1 Å². The monoisotopic (exact) mass is 295 g/mol. The molecule has 1 N–H and O–H groups in total. The second-order valence-corrected chi connectivity index (χ2v) is 5.93. The highest BCUT2D eigenvalue weighted by Crippen LogP contribution is 2.26. The quantitative estimate of drug-likeness (QED) is 0.838. The third-order valence-corrected chi connectivity index (χ3v) is 4.27. The molecule has 3 rings (SSSR count). The van der Waals surface area contributed by atoms with Gasteiger partial charge in [0.2, 0.25) is 5.89 Å². The molecule has 0 radical (unpaired) electrons. The fraction of sp³-hybridized carbons (Fsp3) is 0.857. The first kappa shape index (κ1) is 14.7. The summed E-state index contributed by atoms with van der Waals surface area (Å²) in [6.07, 6.45) is 1.11. The van der Waals surface area contributed by atoms with Crippen molar-refractivity contribution < 1.29 is 9.26 Å². The molecule has 0 bridgehead atoms. The van der Waals surface area contributed by atoms with Crippen LogP contribution in [0.4, 0.5) is 5.95 Å². The number of hydrogen-bond acceptors (Lipinski definition) is 7. The predicted octanol–water partition coefficient (Wildman–Crippen LogP) is 0.303. The van der Waals surface area contributed by atoms with Crippen molar-refractivity contribution in [3.05, 3.63) is 5.89 Å². The van der Waals surface area contributed by atoms with Crippen LogP contribution in [0.15, 0.2) is 4.52 Å². The fourth-order valence-electron chi connectivity index (χ4n) is 2.84. The van der Waals surface area contributed by atoms with Crippen molar-refractivity contribution in [1.82, 2.24) is 20.4 Å². The molecule has 1 aromatic heterocycles. The van der Waals surface area contributed by atoms with Gasteiger partial charge in [-0.05, 0) is 25.2 Å². The smallest absolute Gasteiger partial charge is 0.266 e. The van der Waals surface area contributed by atoms with Crippen LogP contribution in [-0.2, 0) is 4.74 Å². The van der Waals surface area contributed by atoms with Crippen molar-refractivity contribution in [2.24, 2.45) is 0 Å². The Hall–Kier alpha value is -1.18. The molecule has 7 nitrogen and oxygen atoms in total. The van der Waals surface area contributed by atoms with Crippen molar-refractivity contribution in [3.63, 3.8) is 0 Å². The van der Waals surface area contributed by atoms with Gasteiger partial charge < -0.3 is 24.4 Å². The summed E-state index contributed by atoms with van der Waals surface area (Å²) in [6.45, 7) is 8.51. The van der Waals surface area contributed by atoms with Gasteiger partial charge in [-0.2, -0.15) is 4.98 Å². The second kappa shape index (κ2) is 6.72. The summed E-state index contributed by atoms with van der Waals surface area (Å²) in [5, 5.41) is 7.66. The third kappa shape index (κ3) is 3.36. The van der Waals surface area contributed by atoms with Crippen LogP contribution in [0.3, 0.4) is 0 Å². The van der Waals surface area contributed by atoms with E-state index >= 15 is 0 Å². The Bertz CT molecular complexity index is 444. The van der Waals surface area contributed by atoms with Crippen molar-refractivity contribution >= 4 is 5.95 Å². The average molecular weight is 295 g/mol. The first-order chi connectivity index (χ1) is 10.3. The van der Waals surface area contributed by atoms with Gasteiger partial charge in [0.05, 0.1) is 19.1 Å². The molecule has 0 aliphatic carbocycles. The lowest BCUT2D eigenvalue weighted by atomic mass is 10.0. The Kier molecular flexibility index (Phi) is 4.72. The molecule has 2 unspecified atom stereocenters. The topological polar surface area (TPSA) is 66.7 Å². The molecule has 0 spiro atoms. The number of rotatable bonds is 5. The SMILES string of the molecule is CCCNC1COCC1c1nc(N2CCN(C)CC2)no1. The zero-order chi connectivity index (χ0) is 14.7. The molecule has 2 fully saturated rings. The normalized spacial score (nSPS) is 27.4. The summed E-state index contributed by atoms with van der Waals surface area (Å²) in [5.41, 5.74) is 0. The average Bonchev–Trinajstić information content (AvgIpc) is 3.14. The molecule has 0 aromatic carbocycles. The van der Waals surface area contributed by atoms with Gasteiger partial charge in [0.25, 0.3) is 5.95 Å². The number of anilines is 1. The van der Waals surface area contributed by atoms with Gasteiger partial charge in [-0.25, -0.2) is 0 Å². The molecule has 2 aliphatic heterocycles. The lowest BCUT2D eigenvalue weighted by Gasteiger charge is -2.31. The summed E-state index contributed by atoms with van der Waals surface area (Å²) < 4.78 is 11.1. The summed E-state index contributed by atoms with van der Waals surface area (Å²) >= 11 is 0. The Morgan fingerprint density at radius 3 is 2.81 bits per heavy atom. The molecular formula is C14H25N5O2. The highest BCUT2D eigenvalue weighted by atomic mass is 16.5. The van der Waals surface area contributed by atoms with Crippen LogP contribution in [0.2, 0.25) is 0 Å². The number of nitrogens with zero attached hydrogens (tertiary/aromatic N) is 4. The van der Waals surface area contributed by atoms with Crippen molar-refractivity contribution in [3.8, 4) is 0 Å². The summed E-state index contributed by atoms with van der Waals surface area (Å²) in [7, 11) is 2.14. The number of ether oxygens (including phenoxy) is 1. The van der Waals surface area contributed by atoms with E-state index in [1.165, 1.54) is 0 Å². The van der Waals surface area contributed by atoms with Gasteiger partial charge in [0, 0.05) is 32.2 Å². The molecule has 1 aromatic rings. The fourth-order valence-corrected chi connectivity index (χ4v) is 2.84. The lowest BCUT2D eigenvalue weighted by molar-refractivity contribution is 0.184. The van der Waals surface area contributed by atoms with Crippen molar-refractivity contribution in [1.29, 1.82) is 0 Å². The molecule has 0 saturated carbocycles. The van der Waals surface area contributed by atoms with E-state index in [1.54, 1.807) is 0 Å². The Labute approximate surface area is 125 Å². The van der Waals surface area contributed by atoms with E-state index < -0.39 is 0 Å². The molecule has 2 aliphatic rings. The predicted molar refractivity (Wildman–Crippen MR) is 79.6 cm³/mol. The van der Waals surface area contributed by atoms with Crippen LogP contribution in [0.5, 0.6) is 0 Å².